The Bertz CT molecular complexity index is 1130. The van der Waals surface area contributed by atoms with Gasteiger partial charge in [0.15, 0.2) is 0 Å². The molecule has 1 heterocycles. The molecule has 0 radical (unpaired) electrons. The maximum Gasteiger partial charge on any atom is 0.137 e. The van der Waals surface area contributed by atoms with Gasteiger partial charge in [-0.15, -0.1) is 0 Å². The standard InChI is InChI=1S/C27H26F3NO4S/c28-20-7-1-17(2-8-20)13-32-16-23-24(33-14-18-3-9-21(29)10-4-18)25(26(35-23)27(31)36)34-15-19-5-11-22(30)12-6-19/h1-12,23-26H,13-16H2,(H2,31,36)/t23-,24-,25-,26-/m1/s1. The first-order valence-corrected chi connectivity index (χ1v) is 11.8. The average Bonchev–Trinajstić information content (AvgIpc) is 3.22. The first kappa shape index (κ1) is 26.2. The Hall–Kier alpha value is -2.82. The zero-order valence-corrected chi connectivity index (χ0v) is 20.1. The molecule has 3 aromatic carbocycles. The summed E-state index contributed by atoms with van der Waals surface area (Å²) in [5.41, 5.74) is 8.28. The van der Waals surface area contributed by atoms with Crippen LogP contribution in [0.25, 0.3) is 0 Å². The molecule has 3 aromatic rings. The lowest BCUT2D eigenvalue weighted by atomic mass is 10.1. The van der Waals surface area contributed by atoms with E-state index in [-0.39, 0.29) is 48.9 Å². The number of hydrogen-bond donors (Lipinski definition) is 1. The van der Waals surface area contributed by atoms with Gasteiger partial charge in [0.25, 0.3) is 0 Å². The fraction of sp³-hybridized carbons (Fsp3) is 0.296. The lowest BCUT2D eigenvalue weighted by Gasteiger charge is -2.25. The summed E-state index contributed by atoms with van der Waals surface area (Å²) < 4.78 is 64.0. The molecule has 1 aliphatic heterocycles. The van der Waals surface area contributed by atoms with Crippen LogP contribution in [-0.2, 0) is 38.8 Å². The zero-order valence-electron chi connectivity index (χ0n) is 19.3. The molecule has 0 aliphatic carbocycles. The van der Waals surface area contributed by atoms with Gasteiger partial charge in [-0.3, -0.25) is 0 Å². The van der Waals surface area contributed by atoms with Gasteiger partial charge in [0.05, 0.1) is 26.4 Å². The average molecular weight is 518 g/mol. The van der Waals surface area contributed by atoms with Crippen LogP contribution in [0.5, 0.6) is 0 Å². The van der Waals surface area contributed by atoms with Crippen molar-refractivity contribution in [2.24, 2.45) is 5.73 Å². The summed E-state index contributed by atoms with van der Waals surface area (Å²) in [6.45, 7) is 0.709. The summed E-state index contributed by atoms with van der Waals surface area (Å²) in [5, 5.41) is 0. The topological polar surface area (TPSA) is 62.9 Å². The molecular weight excluding hydrogens is 491 g/mol. The Morgan fingerprint density at radius 2 is 1.11 bits per heavy atom. The molecule has 0 unspecified atom stereocenters. The molecule has 36 heavy (non-hydrogen) atoms. The maximum absolute atomic E-state index is 13.3. The van der Waals surface area contributed by atoms with Crippen molar-refractivity contribution in [2.75, 3.05) is 6.61 Å². The van der Waals surface area contributed by atoms with E-state index >= 15 is 0 Å². The van der Waals surface area contributed by atoms with E-state index in [0.717, 1.165) is 16.7 Å². The van der Waals surface area contributed by atoms with Gasteiger partial charge >= 0.3 is 0 Å². The van der Waals surface area contributed by atoms with E-state index in [9.17, 15) is 13.2 Å². The fourth-order valence-electron chi connectivity index (χ4n) is 3.89. The summed E-state index contributed by atoms with van der Waals surface area (Å²) in [6.07, 6.45) is -2.59. The second-order valence-electron chi connectivity index (χ2n) is 8.44. The van der Waals surface area contributed by atoms with Gasteiger partial charge in [-0.05, 0) is 53.1 Å². The summed E-state index contributed by atoms with van der Waals surface area (Å²) in [6, 6.07) is 17.9. The van der Waals surface area contributed by atoms with Crippen molar-refractivity contribution in [3.05, 3.63) is 107 Å². The Morgan fingerprint density at radius 3 is 1.56 bits per heavy atom. The van der Waals surface area contributed by atoms with E-state index in [1.165, 1.54) is 36.4 Å². The van der Waals surface area contributed by atoms with Crippen LogP contribution >= 0.6 is 12.2 Å². The Balaban J connectivity index is 1.47. The predicted molar refractivity (Wildman–Crippen MR) is 131 cm³/mol. The largest absolute Gasteiger partial charge is 0.391 e. The smallest absolute Gasteiger partial charge is 0.137 e. The molecular formula is C27H26F3NO4S. The quantitative estimate of drug-likeness (QED) is 0.367. The van der Waals surface area contributed by atoms with Crippen LogP contribution in [0, 0.1) is 17.5 Å². The number of ether oxygens (including phenoxy) is 4. The third kappa shape index (κ3) is 7.11. The fourth-order valence-corrected chi connectivity index (χ4v) is 4.08. The van der Waals surface area contributed by atoms with Crippen LogP contribution in [0.1, 0.15) is 16.7 Å². The summed E-state index contributed by atoms with van der Waals surface area (Å²) in [5.74, 6) is -1.01. The molecule has 4 atom stereocenters. The summed E-state index contributed by atoms with van der Waals surface area (Å²) in [4.78, 5) is 0.107. The van der Waals surface area contributed by atoms with Gasteiger partial charge in [-0.2, -0.15) is 0 Å². The lowest BCUT2D eigenvalue weighted by Crippen LogP contribution is -2.42. The van der Waals surface area contributed by atoms with Crippen LogP contribution in [0.15, 0.2) is 72.8 Å². The highest BCUT2D eigenvalue weighted by molar-refractivity contribution is 7.80. The van der Waals surface area contributed by atoms with Crippen molar-refractivity contribution in [1.82, 2.24) is 0 Å². The highest BCUT2D eigenvalue weighted by Gasteiger charge is 2.47. The van der Waals surface area contributed by atoms with Crippen molar-refractivity contribution in [3.8, 4) is 0 Å². The maximum atomic E-state index is 13.3. The van der Waals surface area contributed by atoms with Crippen molar-refractivity contribution in [1.29, 1.82) is 0 Å². The molecule has 2 N–H and O–H groups in total. The zero-order chi connectivity index (χ0) is 25.5. The molecule has 0 bridgehead atoms. The molecule has 0 saturated carbocycles. The molecule has 0 amide bonds. The molecule has 5 nitrogen and oxygen atoms in total. The van der Waals surface area contributed by atoms with Crippen LogP contribution in [0.2, 0.25) is 0 Å². The van der Waals surface area contributed by atoms with Gasteiger partial charge in [0.2, 0.25) is 0 Å². The minimum absolute atomic E-state index is 0.107. The van der Waals surface area contributed by atoms with Gasteiger partial charge in [-0.1, -0.05) is 48.6 Å². The molecule has 9 heteroatoms. The molecule has 1 aliphatic rings. The first-order valence-electron chi connectivity index (χ1n) is 11.4. The third-order valence-corrected chi connectivity index (χ3v) is 6.00. The van der Waals surface area contributed by atoms with Crippen LogP contribution in [0.3, 0.4) is 0 Å². The van der Waals surface area contributed by atoms with E-state index in [0.29, 0.717) is 0 Å². The number of halogens is 3. The molecule has 0 aromatic heterocycles. The van der Waals surface area contributed by atoms with Gasteiger partial charge < -0.3 is 24.7 Å². The number of nitrogens with two attached hydrogens (primary N) is 1. The number of benzene rings is 3. The molecule has 1 fully saturated rings. The molecule has 1 saturated heterocycles. The van der Waals surface area contributed by atoms with Crippen LogP contribution in [0.4, 0.5) is 13.2 Å². The Kier molecular flexibility index (Phi) is 9.06. The van der Waals surface area contributed by atoms with Gasteiger partial charge in [0, 0.05) is 0 Å². The van der Waals surface area contributed by atoms with E-state index in [1.54, 1.807) is 36.4 Å². The van der Waals surface area contributed by atoms with Crippen LogP contribution in [-0.4, -0.2) is 36.0 Å². The summed E-state index contributed by atoms with van der Waals surface area (Å²) in [7, 11) is 0. The lowest BCUT2D eigenvalue weighted by molar-refractivity contribution is -0.0896. The van der Waals surface area contributed by atoms with E-state index in [2.05, 4.69) is 0 Å². The minimum Gasteiger partial charge on any atom is -0.391 e. The van der Waals surface area contributed by atoms with Crippen molar-refractivity contribution in [2.45, 2.75) is 44.2 Å². The predicted octanol–water partition coefficient (Wildman–Crippen LogP) is 4.84. The van der Waals surface area contributed by atoms with Gasteiger partial charge in [-0.25, -0.2) is 13.2 Å². The van der Waals surface area contributed by atoms with Crippen molar-refractivity contribution < 1.29 is 32.1 Å². The highest BCUT2D eigenvalue weighted by Crippen LogP contribution is 2.29. The molecule has 190 valence electrons. The Labute approximate surface area is 212 Å². The number of rotatable bonds is 11. The highest BCUT2D eigenvalue weighted by atomic mass is 32.1. The SMILES string of the molecule is NC(=S)[C@@H]1O[C@H](COCc2ccc(F)cc2)[C@@H](OCc2ccc(F)cc2)[C@H]1OCc1ccc(F)cc1. The monoisotopic (exact) mass is 517 g/mol. The Morgan fingerprint density at radius 1 is 0.694 bits per heavy atom. The minimum atomic E-state index is -0.738. The van der Waals surface area contributed by atoms with Gasteiger partial charge in [0.1, 0.15) is 46.9 Å². The molecule has 0 spiro atoms. The van der Waals surface area contributed by atoms with Crippen LogP contribution < -0.4 is 5.73 Å². The summed E-state index contributed by atoms with van der Waals surface area (Å²) >= 11 is 5.23. The third-order valence-electron chi connectivity index (χ3n) is 5.77. The second kappa shape index (κ2) is 12.4. The van der Waals surface area contributed by atoms with E-state index < -0.39 is 24.4 Å². The van der Waals surface area contributed by atoms with Crippen molar-refractivity contribution in [3.63, 3.8) is 0 Å². The normalized spacial score (nSPS) is 21.5. The molecule has 4 rings (SSSR count). The van der Waals surface area contributed by atoms with Crippen molar-refractivity contribution >= 4 is 17.2 Å². The van der Waals surface area contributed by atoms with E-state index in [1.807, 2.05) is 0 Å². The second-order valence-corrected chi connectivity index (χ2v) is 8.91. The number of thiocarbonyl (C=S) groups is 1. The first-order chi connectivity index (χ1) is 17.4. The number of hydrogen-bond acceptors (Lipinski definition) is 5. The van der Waals surface area contributed by atoms with E-state index in [4.69, 9.17) is 36.9 Å².